The van der Waals surface area contributed by atoms with Crippen molar-refractivity contribution in [1.82, 2.24) is 5.12 Å². The molecule has 0 saturated carbocycles. The molecule has 0 spiro atoms. The summed E-state index contributed by atoms with van der Waals surface area (Å²) in [4.78, 5) is 0.523. The Labute approximate surface area is 158 Å². The molecule has 4 rings (SSSR count). The molecule has 1 aromatic heterocycles. The first-order valence-corrected chi connectivity index (χ1v) is 9.50. The maximum atomic E-state index is 13.6. The molecule has 1 atom stereocenters. The van der Waals surface area contributed by atoms with E-state index in [4.69, 9.17) is 16.0 Å². The van der Waals surface area contributed by atoms with Gasteiger partial charge in [0.15, 0.2) is 5.58 Å². The molecule has 0 saturated heterocycles. The molecule has 0 radical (unpaired) electrons. The van der Waals surface area contributed by atoms with E-state index in [1.54, 1.807) is 6.07 Å². The zero-order chi connectivity index (χ0) is 19.3. The summed E-state index contributed by atoms with van der Waals surface area (Å²) in [6.45, 7) is 0.254. The largest absolute Gasteiger partial charge is 0.459 e. The Morgan fingerprint density at radius 3 is 2.48 bits per heavy atom. The van der Waals surface area contributed by atoms with Crippen LogP contribution in [0.1, 0.15) is 16.9 Å². The summed E-state index contributed by atoms with van der Waals surface area (Å²) in [7, 11) is -1.74. The van der Waals surface area contributed by atoms with E-state index in [-0.39, 0.29) is 23.0 Å². The van der Waals surface area contributed by atoms with Gasteiger partial charge in [-0.2, -0.15) is 13.2 Å². The normalized spacial score (nSPS) is 16.5. The predicted octanol–water partition coefficient (Wildman–Crippen LogP) is 5.51. The van der Waals surface area contributed by atoms with E-state index in [0.29, 0.717) is 38.7 Å². The van der Waals surface area contributed by atoms with Crippen LogP contribution < -0.4 is 0 Å². The Hall–Kier alpha value is -1.90. The highest BCUT2D eigenvalue weighted by molar-refractivity contribution is 7.85. The van der Waals surface area contributed by atoms with E-state index in [1.165, 1.54) is 18.2 Å². The van der Waals surface area contributed by atoms with Gasteiger partial charge in [-0.25, -0.2) is 4.21 Å². The Balaban J connectivity index is 1.75. The van der Waals surface area contributed by atoms with Crippen molar-refractivity contribution in [2.24, 2.45) is 0 Å². The summed E-state index contributed by atoms with van der Waals surface area (Å²) < 4.78 is 70.2. The maximum absolute atomic E-state index is 13.6. The monoisotopic (exact) mass is 417 g/mol. The molecule has 0 fully saturated rings. The van der Waals surface area contributed by atoms with Crippen LogP contribution in [0.4, 0.5) is 17.7 Å². The van der Waals surface area contributed by atoms with Gasteiger partial charge in [0, 0.05) is 33.7 Å². The van der Waals surface area contributed by atoms with Crippen LogP contribution in [-0.4, -0.2) is 15.9 Å². The van der Waals surface area contributed by atoms with E-state index in [9.17, 15) is 21.9 Å². The molecule has 142 valence electrons. The molecule has 0 aliphatic carbocycles. The van der Waals surface area contributed by atoms with E-state index in [1.807, 2.05) is 0 Å². The molecule has 1 aliphatic rings. The number of hydrogen-bond donors (Lipinski definition) is 0. The Morgan fingerprint density at radius 2 is 1.81 bits per heavy atom. The number of hydrogen-bond acceptors (Lipinski definition) is 3. The molecule has 0 bridgehead atoms. The second kappa shape index (κ2) is 6.61. The molecule has 2 aromatic carbocycles. The van der Waals surface area contributed by atoms with E-state index >= 15 is 0 Å². The fourth-order valence-electron chi connectivity index (χ4n) is 3.09. The van der Waals surface area contributed by atoms with Crippen LogP contribution in [0.3, 0.4) is 0 Å². The average Bonchev–Trinajstić information content (AvgIpc) is 2.99. The number of furan rings is 1. The average molecular weight is 418 g/mol. The van der Waals surface area contributed by atoms with Gasteiger partial charge in [0.05, 0.1) is 27.9 Å². The van der Waals surface area contributed by atoms with Crippen LogP contribution in [0.2, 0.25) is 5.02 Å². The van der Waals surface area contributed by atoms with Gasteiger partial charge in [-0.1, -0.05) is 11.6 Å². The van der Waals surface area contributed by atoms with Crippen LogP contribution in [-0.2, 0) is 29.9 Å². The van der Waals surface area contributed by atoms with Crippen LogP contribution in [0.5, 0.6) is 0 Å². The van der Waals surface area contributed by atoms with Gasteiger partial charge in [-0.05, 0) is 36.4 Å². The van der Waals surface area contributed by atoms with E-state index in [2.05, 4.69) is 0 Å². The minimum Gasteiger partial charge on any atom is -0.459 e. The number of benzene rings is 2. The third-order valence-electron chi connectivity index (χ3n) is 4.43. The summed E-state index contributed by atoms with van der Waals surface area (Å²) in [5.74, 6) is 0.637. The van der Waals surface area contributed by atoms with Gasteiger partial charge in [-0.3, -0.25) is 0 Å². The summed E-state index contributed by atoms with van der Waals surface area (Å²) in [5.41, 5.74) is 0.223. The number of rotatable bonds is 2. The molecular formula is C18H12ClF4NO2S. The van der Waals surface area contributed by atoms with Gasteiger partial charge in [0.1, 0.15) is 5.76 Å². The third-order valence-corrected chi connectivity index (χ3v) is 6.07. The lowest BCUT2D eigenvalue weighted by Crippen LogP contribution is -2.21. The standard InChI is InChI=1S/C18H12ClF4NO2S/c19-15-8-12(27(25)11-3-1-10(2-4-11)18(20,21)22)7-13-14-9-24(23)6-5-16(14)26-17(13)15/h1-4,7-8H,5-6,9H2. The van der Waals surface area contributed by atoms with Gasteiger partial charge < -0.3 is 4.42 Å². The summed E-state index contributed by atoms with van der Waals surface area (Å²) in [6, 6.07) is 7.16. The highest BCUT2D eigenvalue weighted by atomic mass is 35.5. The zero-order valence-corrected chi connectivity index (χ0v) is 15.2. The van der Waals surface area contributed by atoms with Crippen LogP contribution >= 0.6 is 11.6 Å². The Morgan fingerprint density at radius 1 is 1.11 bits per heavy atom. The van der Waals surface area contributed by atoms with Crippen molar-refractivity contribution in [2.75, 3.05) is 6.54 Å². The molecule has 0 N–H and O–H groups in total. The topological polar surface area (TPSA) is 33.5 Å². The van der Waals surface area contributed by atoms with E-state index < -0.39 is 22.5 Å². The SMILES string of the molecule is O=S(c1ccc(C(F)(F)F)cc1)c1cc(Cl)c2oc3c(c2c1)CN(F)CC3. The molecule has 1 aliphatic heterocycles. The highest BCUT2D eigenvalue weighted by Crippen LogP contribution is 2.37. The second-order valence-corrected chi connectivity index (χ2v) is 8.06. The van der Waals surface area contributed by atoms with Crippen molar-refractivity contribution in [3.8, 4) is 0 Å². The van der Waals surface area contributed by atoms with Gasteiger partial charge in [-0.15, -0.1) is 9.60 Å². The van der Waals surface area contributed by atoms with Crippen LogP contribution in [0, 0.1) is 0 Å². The van der Waals surface area contributed by atoms with Gasteiger partial charge >= 0.3 is 6.18 Å². The number of fused-ring (bicyclic) bond motifs is 3. The summed E-state index contributed by atoms with van der Waals surface area (Å²) in [6.07, 6.45) is -4.06. The van der Waals surface area contributed by atoms with E-state index in [0.717, 1.165) is 12.1 Å². The summed E-state index contributed by atoms with van der Waals surface area (Å²) in [5, 5.41) is 1.45. The van der Waals surface area contributed by atoms with Crippen molar-refractivity contribution >= 4 is 33.4 Å². The number of halogens is 5. The lowest BCUT2D eigenvalue weighted by molar-refractivity contribution is -0.137. The first kappa shape index (κ1) is 18.5. The first-order chi connectivity index (χ1) is 12.7. The third kappa shape index (κ3) is 3.37. The van der Waals surface area contributed by atoms with Crippen molar-refractivity contribution in [1.29, 1.82) is 0 Å². The minimum atomic E-state index is -4.46. The van der Waals surface area contributed by atoms with Crippen molar-refractivity contribution in [3.63, 3.8) is 0 Å². The summed E-state index contributed by atoms with van der Waals surface area (Å²) >= 11 is 6.25. The minimum absolute atomic E-state index is 0.0367. The van der Waals surface area contributed by atoms with Crippen LogP contribution in [0.25, 0.3) is 11.0 Å². The van der Waals surface area contributed by atoms with Crippen molar-refractivity contribution in [2.45, 2.75) is 28.9 Å². The van der Waals surface area contributed by atoms with Gasteiger partial charge in [0.2, 0.25) is 0 Å². The van der Waals surface area contributed by atoms with Crippen molar-refractivity contribution in [3.05, 3.63) is 58.3 Å². The molecular weight excluding hydrogens is 406 g/mol. The molecule has 3 nitrogen and oxygen atoms in total. The smallest absolute Gasteiger partial charge is 0.416 e. The molecule has 9 heteroatoms. The molecule has 0 amide bonds. The second-order valence-electron chi connectivity index (χ2n) is 6.17. The molecule has 3 aromatic rings. The quantitative estimate of drug-likeness (QED) is 0.407. The predicted molar refractivity (Wildman–Crippen MR) is 92.6 cm³/mol. The van der Waals surface area contributed by atoms with Crippen LogP contribution in [0.15, 0.2) is 50.6 Å². The zero-order valence-electron chi connectivity index (χ0n) is 13.6. The molecule has 27 heavy (non-hydrogen) atoms. The van der Waals surface area contributed by atoms with Crippen molar-refractivity contribution < 1.29 is 26.3 Å². The Kier molecular flexibility index (Phi) is 4.52. The fourth-order valence-corrected chi connectivity index (χ4v) is 4.52. The molecule has 2 heterocycles. The molecule has 1 unspecified atom stereocenters. The number of nitrogens with zero attached hydrogens (tertiary/aromatic N) is 1. The lowest BCUT2D eigenvalue weighted by atomic mass is 10.1. The Bertz CT molecular complexity index is 1050. The number of alkyl halides is 3. The highest BCUT2D eigenvalue weighted by Gasteiger charge is 2.30. The lowest BCUT2D eigenvalue weighted by Gasteiger charge is -2.16. The maximum Gasteiger partial charge on any atom is 0.416 e. The van der Waals surface area contributed by atoms with Gasteiger partial charge in [0.25, 0.3) is 0 Å². The fraction of sp³-hybridized carbons (Fsp3) is 0.222. The first-order valence-electron chi connectivity index (χ1n) is 7.97.